The highest BCUT2D eigenvalue weighted by molar-refractivity contribution is 5.31. The Kier molecular flexibility index (Phi) is 8.01. The monoisotopic (exact) mass is 194 g/mol. The quantitative estimate of drug-likeness (QED) is 0.766. The first-order valence-corrected chi connectivity index (χ1v) is 5.53. The summed E-state index contributed by atoms with van der Waals surface area (Å²) in [5.41, 5.74) is 1.06. The molecule has 1 N–H and O–H groups in total. The molecule has 0 unspecified atom stereocenters. The number of rotatable bonds is 3. The third-order valence-corrected chi connectivity index (χ3v) is 1.79. The van der Waals surface area contributed by atoms with Gasteiger partial charge < -0.3 is 5.11 Å². The maximum atomic E-state index is 9.34. The second kappa shape index (κ2) is 8.61. The van der Waals surface area contributed by atoms with Crippen molar-refractivity contribution in [3.63, 3.8) is 0 Å². The number of hydrogen-bond acceptors (Lipinski definition) is 1. The highest BCUT2D eigenvalue weighted by atomic mass is 16.3. The van der Waals surface area contributed by atoms with Crippen LogP contribution in [0.1, 0.15) is 45.6 Å². The summed E-state index contributed by atoms with van der Waals surface area (Å²) in [6.45, 7) is 6.40. The van der Waals surface area contributed by atoms with Crippen molar-refractivity contribution >= 4 is 0 Å². The molecule has 0 fully saturated rings. The minimum absolute atomic E-state index is 0.431. The molecule has 1 nitrogen and oxygen atoms in total. The fraction of sp³-hybridized carbons (Fsp3) is 0.538. The lowest BCUT2D eigenvalue weighted by Crippen LogP contribution is -1.83. The highest BCUT2D eigenvalue weighted by Crippen LogP contribution is 2.17. The molecule has 0 aliphatic rings. The number of hydrogen-bond donors (Lipinski definition) is 1. The van der Waals surface area contributed by atoms with Crippen molar-refractivity contribution in [1.29, 1.82) is 0 Å². The van der Waals surface area contributed by atoms with Gasteiger partial charge in [0.1, 0.15) is 5.75 Å². The van der Waals surface area contributed by atoms with E-state index in [0.29, 0.717) is 5.75 Å². The van der Waals surface area contributed by atoms with Gasteiger partial charge in [-0.3, -0.25) is 0 Å². The van der Waals surface area contributed by atoms with E-state index in [4.69, 9.17) is 0 Å². The van der Waals surface area contributed by atoms with Gasteiger partial charge in [0.05, 0.1) is 0 Å². The number of benzene rings is 1. The van der Waals surface area contributed by atoms with Gasteiger partial charge in [-0.05, 0) is 24.5 Å². The highest BCUT2D eigenvalue weighted by Gasteiger charge is 1.96. The summed E-state index contributed by atoms with van der Waals surface area (Å²) in [6, 6.07) is 7.53. The van der Waals surface area contributed by atoms with Crippen LogP contribution in [0.2, 0.25) is 0 Å². The zero-order valence-electron chi connectivity index (χ0n) is 9.59. The van der Waals surface area contributed by atoms with Gasteiger partial charge in [-0.2, -0.15) is 0 Å². The topological polar surface area (TPSA) is 20.2 Å². The summed E-state index contributed by atoms with van der Waals surface area (Å²) < 4.78 is 0. The Hall–Kier alpha value is -0.980. The van der Waals surface area contributed by atoms with Crippen LogP contribution in [0.5, 0.6) is 5.75 Å². The van der Waals surface area contributed by atoms with Crippen molar-refractivity contribution < 1.29 is 5.11 Å². The summed E-state index contributed by atoms with van der Waals surface area (Å²) in [5.74, 6) is 0.431. The van der Waals surface area contributed by atoms with E-state index in [1.165, 1.54) is 12.8 Å². The molecule has 80 valence electrons. The molecule has 0 aromatic heterocycles. The molecular weight excluding hydrogens is 172 g/mol. The molecular formula is C13H22O. The molecule has 0 heterocycles. The molecule has 14 heavy (non-hydrogen) atoms. The van der Waals surface area contributed by atoms with E-state index in [-0.39, 0.29) is 0 Å². The SMILES string of the molecule is CCC.CCCCc1ccccc1O. The van der Waals surface area contributed by atoms with Crippen LogP contribution in [0.4, 0.5) is 0 Å². The molecule has 0 saturated carbocycles. The number of unbranched alkanes of at least 4 members (excludes halogenated alkanes) is 1. The van der Waals surface area contributed by atoms with E-state index in [1.807, 2.05) is 18.2 Å². The summed E-state index contributed by atoms with van der Waals surface area (Å²) in [6.07, 6.45) is 4.56. The van der Waals surface area contributed by atoms with Crippen molar-refractivity contribution in [2.75, 3.05) is 0 Å². The molecule has 1 heteroatoms. The van der Waals surface area contributed by atoms with Gasteiger partial charge in [0.15, 0.2) is 0 Å². The van der Waals surface area contributed by atoms with Crippen LogP contribution in [-0.2, 0) is 6.42 Å². The van der Waals surface area contributed by atoms with Gasteiger partial charge in [0, 0.05) is 0 Å². The Bertz CT molecular complexity index is 230. The largest absolute Gasteiger partial charge is 0.508 e. The van der Waals surface area contributed by atoms with Crippen LogP contribution >= 0.6 is 0 Å². The average molecular weight is 194 g/mol. The molecule has 0 bridgehead atoms. The average Bonchev–Trinajstić information content (AvgIpc) is 2.18. The predicted octanol–water partition coefficient (Wildman–Crippen LogP) is 4.15. The second-order valence-corrected chi connectivity index (χ2v) is 3.44. The van der Waals surface area contributed by atoms with E-state index in [2.05, 4.69) is 20.8 Å². The zero-order chi connectivity index (χ0) is 10.8. The van der Waals surface area contributed by atoms with E-state index in [9.17, 15) is 5.11 Å². The molecule has 0 amide bonds. The van der Waals surface area contributed by atoms with Gasteiger partial charge in [-0.15, -0.1) is 0 Å². The summed E-state index contributed by atoms with van der Waals surface area (Å²) in [4.78, 5) is 0. The van der Waals surface area contributed by atoms with Gasteiger partial charge in [-0.1, -0.05) is 51.8 Å². The molecule has 0 spiro atoms. The third kappa shape index (κ3) is 5.63. The van der Waals surface area contributed by atoms with Crippen LogP contribution in [0.15, 0.2) is 24.3 Å². The Balaban J connectivity index is 0.000000500. The lowest BCUT2D eigenvalue weighted by Gasteiger charge is -2.01. The molecule has 0 aliphatic carbocycles. The maximum absolute atomic E-state index is 9.34. The molecule has 0 aliphatic heterocycles. The Morgan fingerprint density at radius 3 is 2.14 bits per heavy atom. The maximum Gasteiger partial charge on any atom is 0.118 e. The van der Waals surface area contributed by atoms with Crippen molar-refractivity contribution in [2.24, 2.45) is 0 Å². The Morgan fingerprint density at radius 1 is 1.07 bits per heavy atom. The Morgan fingerprint density at radius 2 is 1.64 bits per heavy atom. The number of phenolic OH excluding ortho intramolecular Hbond substituents is 1. The molecule has 1 aromatic rings. The van der Waals surface area contributed by atoms with Gasteiger partial charge >= 0.3 is 0 Å². The molecule has 0 atom stereocenters. The van der Waals surface area contributed by atoms with Crippen molar-refractivity contribution in [3.05, 3.63) is 29.8 Å². The minimum atomic E-state index is 0.431. The third-order valence-electron chi connectivity index (χ3n) is 1.79. The van der Waals surface area contributed by atoms with E-state index in [1.54, 1.807) is 6.07 Å². The van der Waals surface area contributed by atoms with Crippen LogP contribution < -0.4 is 0 Å². The first kappa shape index (κ1) is 13.0. The van der Waals surface area contributed by atoms with E-state index < -0.39 is 0 Å². The van der Waals surface area contributed by atoms with Crippen LogP contribution in [0.3, 0.4) is 0 Å². The standard InChI is InChI=1S/C10H14O.C3H8/c1-2-3-6-9-7-4-5-8-10(9)11;1-3-2/h4-5,7-8,11H,2-3,6H2,1H3;3H2,1-2H3. The smallest absolute Gasteiger partial charge is 0.118 e. The lowest BCUT2D eigenvalue weighted by atomic mass is 10.1. The predicted molar refractivity (Wildman–Crippen MR) is 62.7 cm³/mol. The van der Waals surface area contributed by atoms with Gasteiger partial charge in [0.2, 0.25) is 0 Å². The van der Waals surface area contributed by atoms with Gasteiger partial charge in [-0.25, -0.2) is 0 Å². The first-order valence-electron chi connectivity index (χ1n) is 5.53. The summed E-state index contributed by atoms with van der Waals surface area (Å²) in [7, 11) is 0. The van der Waals surface area contributed by atoms with Crippen molar-refractivity contribution in [1.82, 2.24) is 0 Å². The second-order valence-electron chi connectivity index (χ2n) is 3.44. The van der Waals surface area contributed by atoms with Crippen LogP contribution in [0, 0.1) is 0 Å². The number of aromatic hydroxyl groups is 1. The van der Waals surface area contributed by atoms with E-state index in [0.717, 1.165) is 18.4 Å². The summed E-state index contributed by atoms with van der Waals surface area (Å²) in [5, 5.41) is 9.34. The Labute approximate surface area is 87.8 Å². The van der Waals surface area contributed by atoms with Crippen molar-refractivity contribution in [2.45, 2.75) is 46.5 Å². The minimum Gasteiger partial charge on any atom is -0.508 e. The van der Waals surface area contributed by atoms with Crippen LogP contribution in [-0.4, -0.2) is 5.11 Å². The number of aryl methyl sites for hydroxylation is 1. The molecule has 1 aromatic carbocycles. The zero-order valence-corrected chi connectivity index (χ0v) is 9.59. The summed E-state index contributed by atoms with van der Waals surface area (Å²) >= 11 is 0. The number of phenols is 1. The normalized spacial score (nSPS) is 9.07. The van der Waals surface area contributed by atoms with E-state index >= 15 is 0 Å². The fourth-order valence-electron chi connectivity index (χ4n) is 1.09. The van der Waals surface area contributed by atoms with Crippen molar-refractivity contribution in [3.8, 4) is 5.75 Å². The lowest BCUT2D eigenvalue weighted by molar-refractivity contribution is 0.467. The molecule has 0 radical (unpaired) electrons. The first-order chi connectivity index (χ1) is 6.76. The number of para-hydroxylation sites is 1. The molecule has 1 rings (SSSR count). The molecule has 0 saturated heterocycles. The van der Waals surface area contributed by atoms with Crippen LogP contribution in [0.25, 0.3) is 0 Å². The van der Waals surface area contributed by atoms with Gasteiger partial charge in [0.25, 0.3) is 0 Å². The fourth-order valence-corrected chi connectivity index (χ4v) is 1.09.